The van der Waals surface area contributed by atoms with Crippen LogP contribution in [-0.4, -0.2) is 26.4 Å². The molecule has 0 aliphatic carbocycles. The fourth-order valence-electron chi connectivity index (χ4n) is 2.26. The van der Waals surface area contributed by atoms with Gasteiger partial charge in [-0.2, -0.15) is 0 Å². The zero-order valence-electron chi connectivity index (χ0n) is 13.3. The van der Waals surface area contributed by atoms with Crippen LogP contribution in [-0.2, 0) is 17.9 Å². The minimum absolute atomic E-state index is 0.000291. The molecule has 0 bridgehead atoms. The molecule has 3 aromatic rings. The Hall–Kier alpha value is -2.12. The number of hydrogen-bond donors (Lipinski definition) is 1. The molecule has 0 fully saturated rings. The molecule has 5 nitrogen and oxygen atoms in total. The third-order valence-electron chi connectivity index (χ3n) is 3.44. The fraction of sp³-hybridized carbons (Fsp3) is 0.235. The lowest BCUT2D eigenvalue weighted by atomic mass is 10.2. The summed E-state index contributed by atoms with van der Waals surface area (Å²) in [5.74, 6) is 1.16. The number of carbonyl (C=O) groups excluding carboxylic acids is 1. The number of benzene rings is 1. The summed E-state index contributed by atoms with van der Waals surface area (Å²) in [5, 5.41) is 14.2. The number of thioether (sulfide) groups is 1. The summed E-state index contributed by atoms with van der Waals surface area (Å²) in [7, 11) is 0. The molecule has 0 unspecified atom stereocenters. The first-order valence-electron chi connectivity index (χ1n) is 7.68. The minimum Gasteiger partial charge on any atom is -0.350 e. The van der Waals surface area contributed by atoms with Crippen molar-refractivity contribution in [3.63, 3.8) is 0 Å². The fourth-order valence-corrected chi connectivity index (χ4v) is 3.74. The molecular formula is C17H18N4OS2. The highest BCUT2D eigenvalue weighted by Crippen LogP contribution is 2.23. The number of amides is 1. The van der Waals surface area contributed by atoms with Crippen molar-refractivity contribution in [2.45, 2.75) is 25.2 Å². The molecule has 0 spiro atoms. The highest BCUT2D eigenvalue weighted by Gasteiger charge is 2.14. The van der Waals surface area contributed by atoms with Crippen LogP contribution < -0.4 is 5.32 Å². The normalized spacial score (nSPS) is 10.7. The molecule has 0 saturated heterocycles. The average molecular weight is 358 g/mol. The van der Waals surface area contributed by atoms with Crippen molar-refractivity contribution in [2.24, 2.45) is 0 Å². The van der Waals surface area contributed by atoms with Crippen molar-refractivity contribution in [3.05, 3.63) is 52.7 Å². The Kier molecular flexibility index (Phi) is 5.66. The van der Waals surface area contributed by atoms with Gasteiger partial charge in [-0.05, 0) is 18.4 Å². The van der Waals surface area contributed by atoms with Crippen LogP contribution in [0.2, 0.25) is 0 Å². The first-order valence-corrected chi connectivity index (χ1v) is 9.55. The van der Waals surface area contributed by atoms with Gasteiger partial charge in [0, 0.05) is 17.0 Å². The maximum absolute atomic E-state index is 12.0. The molecular weight excluding hydrogens is 340 g/mol. The van der Waals surface area contributed by atoms with Gasteiger partial charge in [0.1, 0.15) is 0 Å². The lowest BCUT2D eigenvalue weighted by molar-refractivity contribution is -0.118. The summed E-state index contributed by atoms with van der Waals surface area (Å²) in [4.78, 5) is 13.2. The molecule has 7 heteroatoms. The molecule has 0 aliphatic rings. The van der Waals surface area contributed by atoms with Crippen molar-refractivity contribution in [3.8, 4) is 11.4 Å². The third kappa shape index (κ3) is 4.04. The number of nitrogens with one attached hydrogen (secondary N) is 1. The van der Waals surface area contributed by atoms with Gasteiger partial charge in [0.25, 0.3) is 0 Å². The molecule has 3 rings (SSSR count). The van der Waals surface area contributed by atoms with Crippen molar-refractivity contribution in [1.82, 2.24) is 20.1 Å². The molecule has 0 aliphatic heterocycles. The van der Waals surface area contributed by atoms with Crippen LogP contribution in [0.5, 0.6) is 0 Å². The second kappa shape index (κ2) is 8.12. The van der Waals surface area contributed by atoms with Gasteiger partial charge in [-0.15, -0.1) is 21.5 Å². The van der Waals surface area contributed by atoms with Crippen LogP contribution in [0.1, 0.15) is 11.8 Å². The zero-order chi connectivity index (χ0) is 16.8. The van der Waals surface area contributed by atoms with E-state index in [4.69, 9.17) is 0 Å². The number of hydrogen-bond acceptors (Lipinski definition) is 5. The Balaban J connectivity index is 1.61. The molecule has 0 atom stereocenters. The van der Waals surface area contributed by atoms with Crippen molar-refractivity contribution >= 4 is 29.0 Å². The van der Waals surface area contributed by atoms with Gasteiger partial charge in [-0.1, -0.05) is 48.2 Å². The molecule has 0 radical (unpaired) electrons. The standard InChI is InChI=1S/C17H18N4OS2/c1-2-21-16(13-7-4-3-5-8-13)19-20-17(21)24-12-15(22)18-11-14-9-6-10-23-14/h3-10H,2,11-12H2,1H3,(H,18,22). The summed E-state index contributed by atoms with van der Waals surface area (Å²) in [6, 6.07) is 14.0. The SMILES string of the molecule is CCn1c(SCC(=O)NCc2cccs2)nnc1-c1ccccc1. The average Bonchev–Trinajstić information content (AvgIpc) is 3.28. The number of rotatable bonds is 7. The van der Waals surface area contributed by atoms with Crippen LogP contribution in [0, 0.1) is 0 Å². The minimum atomic E-state index is 0.000291. The van der Waals surface area contributed by atoms with E-state index in [1.807, 2.05) is 52.4 Å². The van der Waals surface area contributed by atoms with Crippen LogP contribution in [0.3, 0.4) is 0 Å². The Morgan fingerprint density at radius 2 is 2.04 bits per heavy atom. The third-order valence-corrected chi connectivity index (χ3v) is 5.28. The van der Waals surface area contributed by atoms with E-state index in [-0.39, 0.29) is 5.91 Å². The van der Waals surface area contributed by atoms with Gasteiger partial charge in [0.15, 0.2) is 11.0 Å². The second-order valence-corrected chi connectivity index (χ2v) is 7.04. The summed E-state index contributed by atoms with van der Waals surface area (Å²) < 4.78 is 2.03. The highest BCUT2D eigenvalue weighted by atomic mass is 32.2. The van der Waals surface area contributed by atoms with Crippen LogP contribution >= 0.6 is 23.1 Å². The largest absolute Gasteiger partial charge is 0.350 e. The predicted molar refractivity (Wildman–Crippen MR) is 98.0 cm³/mol. The molecule has 124 valence electrons. The Bertz CT molecular complexity index is 784. The van der Waals surface area contributed by atoms with E-state index in [1.54, 1.807) is 11.3 Å². The van der Waals surface area contributed by atoms with Gasteiger partial charge in [0.05, 0.1) is 12.3 Å². The van der Waals surface area contributed by atoms with Gasteiger partial charge in [-0.25, -0.2) is 0 Å². The maximum Gasteiger partial charge on any atom is 0.230 e. The molecule has 2 heterocycles. The van der Waals surface area contributed by atoms with Gasteiger partial charge in [0.2, 0.25) is 5.91 Å². The number of thiophene rings is 1. The monoisotopic (exact) mass is 358 g/mol. The quantitative estimate of drug-likeness (QED) is 0.657. The second-order valence-electron chi connectivity index (χ2n) is 5.06. The smallest absolute Gasteiger partial charge is 0.230 e. The van der Waals surface area contributed by atoms with Crippen molar-refractivity contribution in [1.29, 1.82) is 0 Å². The predicted octanol–water partition coefficient (Wildman–Crippen LogP) is 3.44. The molecule has 1 amide bonds. The summed E-state index contributed by atoms with van der Waals surface area (Å²) in [6.45, 7) is 3.39. The van der Waals surface area contributed by atoms with E-state index < -0.39 is 0 Å². The van der Waals surface area contributed by atoms with E-state index in [2.05, 4.69) is 22.4 Å². The molecule has 0 saturated carbocycles. The lowest BCUT2D eigenvalue weighted by Crippen LogP contribution is -2.24. The molecule has 1 aromatic carbocycles. The van der Waals surface area contributed by atoms with Crippen molar-refractivity contribution in [2.75, 3.05) is 5.75 Å². The van der Waals surface area contributed by atoms with Crippen LogP contribution in [0.15, 0.2) is 53.0 Å². The lowest BCUT2D eigenvalue weighted by Gasteiger charge is -2.07. The maximum atomic E-state index is 12.0. The highest BCUT2D eigenvalue weighted by molar-refractivity contribution is 7.99. The Morgan fingerprint density at radius 1 is 1.21 bits per heavy atom. The van der Waals surface area contributed by atoms with Gasteiger partial charge in [-0.3, -0.25) is 4.79 Å². The van der Waals surface area contributed by atoms with Crippen LogP contribution in [0.25, 0.3) is 11.4 Å². The van der Waals surface area contributed by atoms with E-state index in [1.165, 1.54) is 11.8 Å². The number of aromatic nitrogens is 3. The molecule has 2 aromatic heterocycles. The zero-order valence-corrected chi connectivity index (χ0v) is 14.9. The van der Waals surface area contributed by atoms with Gasteiger partial charge >= 0.3 is 0 Å². The molecule has 1 N–H and O–H groups in total. The Labute approximate surface area is 149 Å². The van der Waals surface area contributed by atoms with E-state index in [0.29, 0.717) is 12.3 Å². The van der Waals surface area contributed by atoms with Crippen molar-refractivity contribution < 1.29 is 4.79 Å². The Morgan fingerprint density at radius 3 is 2.75 bits per heavy atom. The summed E-state index contributed by atoms with van der Waals surface area (Å²) >= 11 is 3.05. The topological polar surface area (TPSA) is 59.8 Å². The number of nitrogens with zero attached hydrogens (tertiary/aromatic N) is 3. The van der Waals surface area contributed by atoms with E-state index in [9.17, 15) is 4.79 Å². The van der Waals surface area contributed by atoms with E-state index in [0.717, 1.165) is 28.0 Å². The molecule has 24 heavy (non-hydrogen) atoms. The first kappa shape index (κ1) is 16.7. The van der Waals surface area contributed by atoms with Crippen LogP contribution in [0.4, 0.5) is 0 Å². The first-order chi connectivity index (χ1) is 11.8. The van der Waals surface area contributed by atoms with E-state index >= 15 is 0 Å². The number of carbonyl (C=O) groups is 1. The summed E-state index contributed by atoms with van der Waals surface area (Å²) in [6.07, 6.45) is 0. The van der Waals surface area contributed by atoms with Gasteiger partial charge < -0.3 is 9.88 Å². The summed E-state index contributed by atoms with van der Waals surface area (Å²) in [5.41, 5.74) is 1.03.